The molecule has 0 saturated heterocycles. The monoisotopic (exact) mass is 151 g/mol. The van der Waals surface area contributed by atoms with Crippen LogP contribution in [0.2, 0.25) is 5.28 Å². The van der Waals surface area contributed by atoms with E-state index >= 15 is 0 Å². The molecule has 0 aliphatic carbocycles. The van der Waals surface area contributed by atoms with Crippen LogP contribution in [0.25, 0.3) is 0 Å². The summed E-state index contributed by atoms with van der Waals surface area (Å²) in [4.78, 5) is 0. The number of rotatable bonds is 1. The van der Waals surface area contributed by atoms with Crippen LogP contribution in [0, 0.1) is 0 Å². The Morgan fingerprint density at radius 3 is 2.00 bits per heavy atom. The van der Waals surface area contributed by atoms with Gasteiger partial charge in [0.1, 0.15) is 0 Å². The summed E-state index contributed by atoms with van der Waals surface area (Å²) in [5.41, 5.74) is 0. The number of aryl methyl sites for hydroxylation is 1. The van der Waals surface area contributed by atoms with Gasteiger partial charge in [-0.25, -0.2) is 0 Å². The highest BCUT2D eigenvalue weighted by Gasteiger charge is 1.68. The molecule has 0 saturated carbocycles. The van der Waals surface area contributed by atoms with Crippen LogP contribution in [-0.4, -0.2) is 20.9 Å². The van der Waals surface area contributed by atoms with E-state index in [1.165, 1.54) is 21.6 Å². The van der Waals surface area contributed by atoms with Gasteiger partial charge in [0.05, 0.1) is 0 Å². The lowest BCUT2D eigenvalue weighted by molar-refractivity contribution is 0.928. The van der Waals surface area contributed by atoms with E-state index in [2.05, 4.69) is 6.58 Å². The maximum absolute atomic E-state index is 3.51. The van der Waals surface area contributed by atoms with Crippen molar-refractivity contribution in [1.82, 2.24) is 4.57 Å². The fourth-order valence-electron chi connectivity index (χ4n) is 0.421. The first-order chi connectivity index (χ1) is 4.81. The van der Waals surface area contributed by atoms with Crippen molar-refractivity contribution in [3.63, 3.8) is 0 Å². The SMILES string of the molecule is C=C[CH2][AlH2].Cn1cccc1. The van der Waals surface area contributed by atoms with Crippen LogP contribution in [-0.2, 0) is 7.05 Å². The Labute approximate surface area is 70.8 Å². The van der Waals surface area contributed by atoms with E-state index in [1.807, 2.05) is 42.2 Å². The Morgan fingerprint density at radius 1 is 1.50 bits per heavy atom. The predicted molar refractivity (Wildman–Crippen MR) is 49.0 cm³/mol. The first kappa shape index (κ1) is 9.55. The normalized spacial score (nSPS) is 7.70. The summed E-state index contributed by atoms with van der Waals surface area (Å²) in [6.45, 7) is 3.51. The zero-order valence-electron chi connectivity index (χ0n) is 6.75. The van der Waals surface area contributed by atoms with Crippen molar-refractivity contribution in [2.45, 2.75) is 5.28 Å². The van der Waals surface area contributed by atoms with Crippen LogP contribution in [0.5, 0.6) is 0 Å². The van der Waals surface area contributed by atoms with E-state index in [0.29, 0.717) is 0 Å². The van der Waals surface area contributed by atoms with Gasteiger partial charge in [0.2, 0.25) is 16.3 Å². The number of allylic oxidation sites excluding steroid dienone is 1. The average Bonchev–Trinajstić information content (AvgIpc) is 2.40. The lowest BCUT2D eigenvalue weighted by atomic mass is 10.7. The molecule has 0 atom stereocenters. The van der Waals surface area contributed by atoms with Gasteiger partial charge in [-0.15, -0.1) is 12.7 Å². The molecule has 0 amide bonds. The quantitative estimate of drug-likeness (QED) is 0.420. The molecule has 2 heteroatoms. The van der Waals surface area contributed by atoms with Gasteiger partial charge in [0, 0.05) is 19.4 Å². The molecule has 0 N–H and O–H groups in total. The maximum Gasteiger partial charge on any atom is 0.217 e. The van der Waals surface area contributed by atoms with Crippen molar-refractivity contribution >= 4 is 16.3 Å². The van der Waals surface area contributed by atoms with E-state index in [4.69, 9.17) is 0 Å². The van der Waals surface area contributed by atoms with Crippen LogP contribution < -0.4 is 0 Å². The molecule has 1 heterocycles. The Bertz CT molecular complexity index is 156. The molecular formula is C8H14AlN. The molecule has 54 valence electrons. The first-order valence-corrected chi connectivity index (χ1v) is 4.90. The third-order valence-electron chi connectivity index (χ3n) is 1.04. The highest BCUT2D eigenvalue weighted by Crippen LogP contribution is 1.80. The molecule has 10 heavy (non-hydrogen) atoms. The topological polar surface area (TPSA) is 4.93 Å². The minimum Gasteiger partial charge on any atom is -0.357 e. The molecule has 0 aliphatic rings. The average molecular weight is 151 g/mol. The number of hydrogen-bond acceptors (Lipinski definition) is 0. The Kier molecular flexibility index (Phi) is 6.37. The molecule has 1 aromatic heterocycles. The van der Waals surface area contributed by atoms with E-state index in [9.17, 15) is 0 Å². The van der Waals surface area contributed by atoms with Crippen molar-refractivity contribution in [3.05, 3.63) is 37.2 Å². The van der Waals surface area contributed by atoms with E-state index < -0.39 is 0 Å². The summed E-state index contributed by atoms with van der Waals surface area (Å²) < 4.78 is 2.00. The fourth-order valence-corrected chi connectivity index (χ4v) is 0.421. The van der Waals surface area contributed by atoms with Gasteiger partial charge in [-0.1, -0.05) is 5.28 Å². The summed E-state index contributed by atoms with van der Waals surface area (Å²) in [6, 6.07) is 4.00. The highest BCUT2D eigenvalue weighted by atomic mass is 27.0. The van der Waals surface area contributed by atoms with Gasteiger partial charge in [-0.2, -0.15) is 0 Å². The van der Waals surface area contributed by atoms with Gasteiger partial charge < -0.3 is 4.57 Å². The summed E-state index contributed by atoms with van der Waals surface area (Å²) in [5, 5.41) is 1.22. The molecule has 0 aromatic carbocycles. The second-order valence-electron chi connectivity index (χ2n) is 2.05. The van der Waals surface area contributed by atoms with Crippen molar-refractivity contribution in [2.24, 2.45) is 7.05 Å². The predicted octanol–water partition coefficient (Wildman–Crippen LogP) is 1.25. The molecular weight excluding hydrogens is 137 g/mol. The molecule has 0 unspecified atom stereocenters. The largest absolute Gasteiger partial charge is 0.357 e. The zero-order valence-corrected chi connectivity index (χ0v) is 8.75. The van der Waals surface area contributed by atoms with Gasteiger partial charge in [0.25, 0.3) is 0 Å². The standard InChI is InChI=1S/C5H7N.C3H5.Al.2H/c1-6-4-2-3-5-6;1-3-2;;;/h2-5H,1H3;3H,1-2H2;;;. The lowest BCUT2D eigenvalue weighted by Gasteiger charge is -1.79. The minimum absolute atomic E-state index is 1.22. The molecule has 0 bridgehead atoms. The molecule has 0 spiro atoms. The second-order valence-corrected chi connectivity index (χ2v) is 2.86. The summed E-state index contributed by atoms with van der Waals surface area (Å²) in [5.74, 6) is 0. The molecule has 1 nitrogen and oxygen atoms in total. The number of hydrogen-bond donors (Lipinski definition) is 0. The van der Waals surface area contributed by atoms with Crippen molar-refractivity contribution in [2.75, 3.05) is 0 Å². The number of aromatic nitrogens is 1. The van der Waals surface area contributed by atoms with Crippen LogP contribution >= 0.6 is 0 Å². The third-order valence-corrected chi connectivity index (χ3v) is 1.62. The zero-order chi connectivity index (χ0) is 7.82. The van der Waals surface area contributed by atoms with Crippen LogP contribution in [0.4, 0.5) is 0 Å². The summed E-state index contributed by atoms with van der Waals surface area (Å²) in [7, 11) is 2.00. The molecule has 0 aliphatic heterocycles. The Balaban J connectivity index is 0.000000180. The maximum atomic E-state index is 3.51. The van der Waals surface area contributed by atoms with Gasteiger partial charge in [-0.05, 0) is 12.1 Å². The molecule has 1 rings (SSSR count). The lowest BCUT2D eigenvalue weighted by Crippen LogP contribution is -1.75. The first-order valence-electron chi connectivity index (χ1n) is 3.49. The third kappa shape index (κ3) is 5.68. The van der Waals surface area contributed by atoms with Gasteiger partial charge >= 0.3 is 0 Å². The molecule has 0 radical (unpaired) electrons. The summed E-state index contributed by atoms with van der Waals surface area (Å²) >= 11 is 1.27. The van der Waals surface area contributed by atoms with Crippen LogP contribution in [0.15, 0.2) is 37.2 Å². The Hall–Kier alpha value is -0.448. The summed E-state index contributed by atoms with van der Waals surface area (Å²) in [6.07, 6.45) is 5.94. The fraction of sp³-hybridized carbons (Fsp3) is 0.250. The highest BCUT2D eigenvalue weighted by molar-refractivity contribution is 6.09. The van der Waals surface area contributed by atoms with Crippen LogP contribution in [0.1, 0.15) is 0 Å². The van der Waals surface area contributed by atoms with E-state index in [1.54, 1.807) is 0 Å². The molecule has 1 aromatic rings. The Morgan fingerprint density at radius 2 is 1.90 bits per heavy atom. The van der Waals surface area contributed by atoms with E-state index in [0.717, 1.165) is 0 Å². The van der Waals surface area contributed by atoms with Gasteiger partial charge in [-0.3, -0.25) is 0 Å². The molecule has 0 fully saturated rings. The smallest absolute Gasteiger partial charge is 0.217 e. The van der Waals surface area contributed by atoms with Crippen molar-refractivity contribution in [3.8, 4) is 0 Å². The van der Waals surface area contributed by atoms with Gasteiger partial charge in [0.15, 0.2) is 0 Å². The van der Waals surface area contributed by atoms with Crippen molar-refractivity contribution < 1.29 is 0 Å². The van der Waals surface area contributed by atoms with Crippen LogP contribution in [0.3, 0.4) is 0 Å². The van der Waals surface area contributed by atoms with Crippen molar-refractivity contribution in [1.29, 1.82) is 0 Å². The number of nitrogens with zero attached hydrogens (tertiary/aromatic N) is 1. The second kappa shape index (κ2) is 6.67. The van der Waals surface area contributed by atoms with E-state index in [-0.39, 0.29) is 0 Å². The minimum atomic E-state index is 1.22.